The van der Waals surface area contributed by atoms with Crippen molar-refractivity contribution in [3.63, 3.8) is 0 Å². The van der Waals surface area contributed by atoms with E-state index in [1.165, 1.54) is 0 Å². The summed E-state index contributed by atoms with van der Waals surface area (Å²) in [4.78, 5) is 0. The van der Waals surface area contributed by atoms with Gasteiger partial charge in [0.25, 0.3) is 0 Å². The summed E-state index contributed by atoms with van der Waals surface area (Å²) in [5, 5.41) is 5.80. The summed E-state index contributed by atoms with van der Waals surface area (Å²) in [6, 6.07) is 17.0. The van der Waals surface area contributed by atoms with Crippen LogP contribution in [0.2, 0.25) is 20.1 Å². The summed E-state index contributed by atoms with van der Waals surface area (Å²) in [6.07, 6.45) is 0.819. The van der Waals surface area contributed by atoms with Crippen LogP contribution in [0.4, 0.5) is 0 Å². The van der Waals surface area contributed by atoms with Crippen LogP contribution in [0.3, 0.4) is 0 Å². The molecular formula is C24H23Cl4NO2. The van der Waals surface area contributed by atoms with E-state index in [2.05, 4.69) is 5.32 Å². The van der Waals surface area contributed by atoms with E-state index in [0.717, 1.165) is 29.7 Å². The van der Waals surface area contributed by atoms with E-state index in [4.69, 9.17) is 55.9 Å². The van der Waals surface area contributed by atoms with Gasteiger partial charge in [-0.3, -0.25) is 0 Å². The van der Waals surface area contributed by atoms with Crippen molar-refractivity contribution in [1.82, 2.24) is 5.32 Å². The zero-order valence-corrected chi connectivity index (χ0v) is 20.1. The van der Waals surface area contributed by atoms with Crippen molar-refractivity contribution in [2.45, 2.75) is 26.5 Å². The Labute approximate surface area is 203 Å². The highest BCUT2D eigenvalue weighted by atomic mass is 35.5. The molecular weight excluding hydrogens is 476 g/mol. The lowest BCUT2D eigenvalue weighted by molar-refractivity contribution is 0.269. The molecule has 0 heterocycles. The Morgan fingerprint density at radius 1 is 0.742 bits per heavy atom. The molecule has 31 heavy (non-hydrogen) atoms. The fourth-order valence-corrected chi connectivity index (χ4v) is 3.84. The average molecular weight is 499 g/mol. The van der Waals surface area contributed by atoms with Crippen LogP contribution >= 0.6 is 46.4 Å². The zero-order chi connectivity index (χ0) is 22.2. The topological polar surface area (TPSA) is 30.5 Å². The number of benzene rings is 3. The summed E-state index contributed by atoms with van der Waals surface area (Å²) in [6.45, 7) is 4.37. The number of halogens is 4. The maximum absolute atomic E-state index is 6.23. The first-order valence-electron chi connectivity index (χ1n) is 9.93. The van der Waals surface area contributed by atoms with Crippen molar-refractivity contribution in [3.8, 4) is 11.5 Å². The molecule has 1 N–H and O–H groups in total. The SMILES string of the molecule is CCOc1cc(CNCCc2ccc(Cl)cc2Cl)ccc1OCc1ccc(Cl)c(Cl)c1. The molecule has 0 aromatic heterocycles. The van der Waals surface area contributed by atoms with Crippen molar-refractivity contribution in [2.24, 2.45) is 0 Å². The minimum atomic E-state index is 0.371. The van der Waals surface area contributed by atoms with Crippen molar-refractivity contribution in [3.05, 3.63) is 91.4 Å². The Kier molecular flexibility index (Phi) is 9.18. The van der Waals surface area contributed by atoms with Crippen LogP contribution < -0.4 is 14.8 Å². The van der Waals surface area contributed by atoms with E-state index in [-0.39, 0.29) is 0 Å². The van der Waals surface area contributed by atoms with Gasteiger partial charge in [-0.1, -0.05) is 64.6 Å². The second kappa shape index (κ2) is 11.8. The molecule has 0 amide bonds. The molecule has 0 aliphatic rings. The van der Waals surface area contributed by atoms with E-state index in [1.807, 2.05) is 43.3 Å². The lowest BCUT2D eigenvalue weighted by Crippen LogP contribution is -2.17. The highest BCUT2D eigenvalue weighted by Gasteiger charge is 2.08. The van der Waals surface area contributed by atoms with Gasteiger partial charge in [-0.25, -0.2) is 0 Å². The normalized spacial score (nSPS) is 10.9. The lowest BCUT2D eigenvalue weighted by Gasteiger charge is -2.14. The van der Waals surface area contributed by atoms with E-state index < -0.39 is 0 Å². The number of ether oxygens (including phenoxy) is 2. The molecule has 0 unspecified atom stereocenters. The quantitative estimate of drug-likeness (QED) is 0.292. The third-order valence-electron chi connectivity index (χ3n) is 4.60. The van der Waals surface area contributed by atoms with Crippen LogP contribution in [0.5, 0.6) is 11.5 Å². The van der Waals surface area contributed by atoms with Crippen LogP contribution in [0.25, 0.3) is 0 Å². The molecule has 3 rings (SSSR count). The Morgan fingerprint density at radius 3 is 2.29 bits per heavy atom. The average Bonchev–Trinajstić information content (AvgIpc) is 2.74. The third-order valence-corrected chi connectivity index (χ3v) is 5.93. The molecule has 0 aliphatic heterocycles. The fourth-order valence-electron chi connectivity index (χ4n) is 3.02. The molecule has 0 radical (unpaired) electrons. The third kappa shape index (κ3) is 7.20. The molecule has 7 heteroatoms. The summed E-state index contributed by atoms with van der Waals surface area (Å²) in [5.74, 6) is 1.40. The van der Waals surface area contributed by atoms with Crippen molar-refractivity contribution < 1.29 is 9.47 Å². The summed E-state index contributed by atoms with van der Waals surface area (Å²) < 4.78 is 11.7. The van der Waals surface area contributed by atoms with Gasteiger partial charge in [0.1, 0.15) is 6.61 Å². The highest BCUT2D eigenvalue weighted by Crippen LogP contribution is 2.30. The number of rotatable bonds is 10. The Hall–Kier alpha value is -1.62. The van der Waals surface area contributed by atoms with Gasteiger partial charge in [0.2, 0.25) is 0 Å². The fraction of sp³-hybridized carbons (Fsp3) is 0.250. The molecule has 0 saturated carbocycles. The summed E-state index contributed by atoms with van der Waals surface area (Å²) >= 11 is 24.2. The van der Waals surface area contributed by atoms with Crippen LogP contribution in [-0.4, -0.2) is 13.2 Å². The van der Waals surface area contributed by atoms with Crippen molar-refractivity contribution in [2.75, 3.05) is 13.2 Å². The van der Waals surface area contributed by atoms with E-state index >= 15 is 0 Å². The zero-order valence-electron chi connectivity index (χ0n) is 17.1. The van der Waals surface area contributed by atoms with Crippen molar-refractivity contribution >= 4 is 46.4 Å². The first kappa shape index (κ1) is 24.0. The molecule has 0 saturated heterocycles. The van der Waals surface area contributed by atoms with Gasteiger partial charge in [-0.2, -0.15) is 0 Å². The number of hydrogen-bond acceptors (Lipinski definition) is 3. The van der Waals surface area contributed by atoms with Gasteiger partial charge < -0.3 is 14.8 Å². The molecule has 0 aliphatic carbocycles. The van der Waals surface area contributed by atoms with Crippen molar-refractivity contribution in [1.29, 1.82) is 0 Å². The maximum atomic E-state index is 6.23. The Bertz CT molecular complexity index is 1030. The largest absolute Gasteiger partial charge is 0.490 e. The van der Waals surface area contributed by atoms with Crippen LogP contribution in [-0.2, 0) is 19.6 Å². The molecule has 3 nitrogen and oxygen atoms in total. The Morgan fingerprint density at radius 2 is 1.55 bits per heavy atom. The maximum Gasteiger partial charge on any atom is 0.161 e. The first-order chi connectivity index (χ1) is 15.0. The molecule has 0 fully saturated rings. The standard InChI is InChI=1S/C24H23Cl4NO2/c1-2-30-24-12-16(14-29-10-9-18-5-6-19(25)13-21(18)27)4-8-23(24)31-15-17-3-7-20(26)22(28)11-17/h3-8,11-13,29H,2,9-10,14-15H2,1H3. The highest BCUT2D eigenvalue weighted by molar-refractivity contribution is 6.42. The second-order valence-corrected chi connectivity index (χ2v) is 8.57. The van der Waals surface area contributed by atoms with E-state index in [9.17, 15) is 0 Å². The molecule has 3 aromatic rings. The van der Waals surface area contributed by atoms with E-state index in [1.54, 1.807) is 18.2 Å². The van der Waals surface area contributed by atoms with Gasteiger partial charge in [0, 0.05) is 16.6 Å². The lowest BCUT2D eigenvalue weighted by atomic mass is 10.1. The monoisotopic (exact) mass is 497 g/mol. The van der Waals surface area contributed by atoms with Gasteiger partial charge in [-0.05, 0) is 73.0 Å². The van der Waals surface area contributed by atoms with E-state index in [0.29, 0.717) is 51.3 Å². The predicted octanol–water partition coefficient (Wildman–Crippen LogP) is 7.61. The van der Waals surface area contributed by atoms with Gasteiger partial charge in [0.05, 0.1) is 16.7 Å². The minimum Gasteiger partial charge on any atom is -0.490 e. The van der Waals surface area contributed by atoms with Crippen LogP contribution in [0.1, 0.15) is 23.6 Å². The first-order valence-corrected chi connectivity index (χ1v) is 11.4. The predicted molar refractivity (Wildman–Crippen MR) is 130 cm³/mol. The second-order valence-electron chi connectivity index (χ2n) is 6.91. The van der Waals surface area contributed by atoms with Gasteiger partial charge in [0.15, 0.2) is 11.5 Å². The smallest absolute Gasteiger partial charge is 0.161 e. The summed E-state index contributed by atoms with van der Waals surface area (Å²) in [5.41, 5.74) is 3.11. The Balaban J connectivity index is 1.56. The molecule has 3 aromatic carbocycles. The van der Waals surface area contributed by atoms with Crippen LogP contribution in [0.15, 0.2) is 54.6 Å². The summed E-state index contributed by atoms with van der Waals surface area (Å²) in [7, 11) is 0. The van der Waals surface area contributed by atoms with Gasteiger partial charge >= 0.3 is 0 Å². The van der Waals surface area contributed by atoms with Gasteiger partial charge in [-0.15, -0.1) is 0 Å². The molecule has 0 atom stereocenters. The molecule has 0 spiro atoms. The molecule has 0 bridgehead atoms. The molecule has 164 valence electrons. The van der Waals surface area contributed by atoms with Crippen LogP contribution in [0, 0.1) is 0 Å². The minimum absolute atomic E-state index is 0.371. The number of nitrogens with one attached hydrogen (secondary N) is 1. The number of hydrogen-bond donors (Lipinski definition) is 1.